The maximum Gasteiger partial charge on any atom is 0.270 e. The van der Waals surface area contributed by atoms with Gasteiger partial charge in [-0.05, 0) is 57.0 Å². The van der Waals surface area contributed by atoms with Crippen molar-refractivity contribution in [3.63, 3.8) is 0 Å². The third-order valence-electron chi connectivity index (χ3n) is 12.2. The molecule has 1 saturated heterocycles. The largest absolute Gasteiger partial charge is 0.379 e. The molecule has 21 nitrogen and oxygen atoms in total. The van der Waals surface area contributed by atoms with Gasteiger partial charge in [0.15, 0.2) is 5.13 Å². The molecule has 2 fully saturated rings. The number of thiazole rings is 1. The Morgan fingerprint density at radius 2 is 1.42 bits per heavy atom. The van der Waals surface area contributed by atoms with Crippen LogP contribution in [-0.4, -0.2) is 177 Å². The summed E-state index contributed by atoms with van der Waals surface area (Å²) >= 11 is 1.40. The van der Waals surface area contributed by atoms with E-state index in [0.29, 0.717) is 106 Å². The highest BCUT2D eigenvalue weighted by Crippen LogP contribution is 2.35. The molecule has 7 rings (SSSR count). The highest BCUT2D eigenvalue weighted by atomic mass is 32.1. The Morgan fingerprint density at radius 3 is 2.06 bits per heavy atom. The van der Waals surface area contributed by atoms with Crippen molar-refractivity contribution >= 4 is 74.3 Å². The topological polar surface area (TPSA) is 229 Å². The molecule has 0 unspecified atom stereocenters. The van der Waals surface area contributed by atoms with Crippen LogP contribution in [0.2, 0.25) is 0 Å². The number of pyridine rings is 1. The summed E-state index contributed by atoms with van der Waals surface area (Å²) in [6.07, 6.45) is 8.05. The number of benzene rings is 1. The Bertz CT molecular complexity index is 2520. The summed E-state index contributed by atoms with van der Waals surface area (Å²) in [4.78, 5) is 76.5. The first-order valence-electron chi connectivity index (χ1n) is 24.6. The van der Waals surface area contributed by atoms with E-state index in [9.17, 15) is 19.2 Å². The van der Waals surface area contributed by atoms with Crippen molar-refractivity contribution in [2.24, 2.45) is 0 Å². The van der Waals surface area contributed by atoms with Gasteiger partial charge in [0.2, 0.25) is 17.8 Å². The Kier molecular flexibility index (Phi) is 20.6. The van der Waals surface area contributed by atoms with E-state index in [1.54, 1.807) is 49.5 Å². The first kappa shape index (κ1) is 53.7. The van der Waals surface area contributed by atoms with Crippen molar-refractivity contribution in [3.05, 3.63) is 76.7 Å². The number of aromatic nitrogens is 5. The highest BCUT2D eigenvalue weighted by molar-refractivity contribution is 7.15. The quantitative estimate of drug-likeness (QED) is 0.0480. The second kappa shape index (κ2) is 27.6. The lowest BCUT2D eigenvalue weighted by Gasteiger charge is -2.35. The van der Waals surface area contributed by atoms with Gasteiger partial charge in [0, 0.05) is 69.3 Å². The number of para-hydroxylation sites is 1. The van der Waals surface area contributed by atoms with Gasteiger partial charge >= 0.3 is 0 Å². The van der Waals surface area contributed by atoms with Gasteiger partial charge < -0.3 is 54.0 Å². The number of nitrogens with zero attached hydrogens (tertiary/aromatic N) is 8. The van der Waals surface area contributed by atoms with E-state index in [0.717, 1.165) is 79.2 Å². The molecule has 4 N–H and O–H groups in total. The van der Waals surface area contributed by atoms with Crippen LogP contribution in [0.5, 0.6) is 0 Å². The average Bonchev–Trinajstić information content (AvgIpc) is 4.12. The van der Waals surface area contributed by atoms with Gasteiger partial charge in [-0.25, -0.2) is 15.0 Å². The predicted molar refractivity (Wildman–Crippen MR) is 276 cm³/mol. The molecule has 0 atom stereocenters. The number of nitrogens with one attached hydrogen (secondary N) is 4. The Morgan fingerprint density at radius 1 is 0.750 bits per heavy atom. The summed E-state index contributed by atoms with van der Waals surface area (Å²) < 4.78 is 29.9. The lowest BCUT2D eigenvalue weighted by Crippen LogP contribution is -2.49. The molecule has 1 aromatic carbocycles. The number of anilines is 5. The zero-order valence-corrected chi connectivity index (χ0v) is 42.6. The minimum Gasteiger partial charge on any atom is -0.379 e. The minimum absolute atomic E-state index is 0.0361. The molecule has 1 saturated carbocycles. The molecule has 0 spiro atoms. The number of aryl methyl sites for hydroxylation is 2. The molecular formula is C50H68N12O9S. The average molecular weight is 1010 g/mol. The second-order valence-corrected chi connectivity index (χ2v) is 18.9. The fourth-order valence-corrected chi connectivity index (χ4v) is 9.09. The molecule has 0 bridgehead atoms. The van der Waals surface area contributed by atoms with Gasteiger partial charge in [-0.1, -0.05) is 25.0 Å². The molecular weight excluding hydrogens is 945 g/mol. The summed E-state index contributed by atoms with van der Waals surface area (Å²) in [5.41, 5.74) is 4.03. The van der Waals surface area contributed by atoms with Gasteiger partial charge in [-0.15, -0.1) is 11.3 Å². The number of amides is 4. The van der Waals surface area contributed by atoms with Crippen molar-refractivity contribution in [2.75, 3.05) is 140 Å². The van der Waals surface area contributed by atoms with Crippen molar-refractivity contribution in [1.29, 1.82) is 0 Å². The van der Waals surface area contributed by atoms with E-state index in [-0.39, 0.29) is 42.7 Å². The van der Waals surface area contributed by atoms with Crippen LogP contribution in [0.15, 0.2) is 54.9 Å². The number of ether oxygens (including phenoxy) is 5. The Labute approximate surface area is 424 Å². The summed E-state index contributed by atoms with van der Waals surface area (Å²) in [6, 6.07) is 12.9. The zero-order valence-electron chi connectivity index (χ0n) is 41.8. The monoisotopic (exact) mass is 1010 g/mol. The van der Waals surface area contributed by atoms with Crippen LogP contribution < -0.4 is 26.2 Å². The number of hydrogen-bond acceptors (Lipinski definition) is 17. The van der Waals surface area contributed by atoms with E-state index < -0.39 is 0 Å². The summed E-state index contributed by atoms with van der Waals surface area (Å²) in [5, 5.41) is 13.1. The normalized spacial score (nSPS) is 14.2. The van der Waals surface area contributed by atoms with E-state index in [4.69, 9.17) is 28.7 Å². The highest BCUT2D eigenvalue weighted by Gasteiger charge is 2.27. The maximum atomic E-state index is 13.1. The van der Waals surface area contributed by atoms with E-state index in [2.05, 4.69) is 50.6 Å². The van der Waals surface area contributed by atoms with Crippen molar-refractivity contribution in [1.82, 2.24) is 39.6 Å². The molecule has 1 aliphatic heterocycles. The van der Waals surface area contributed by atoms with Gasteiger partial charge in [0.05, 0.1) is 108 Å². The van der Waals surface area contributed by atoms with Gasteiger partial charge in [-0.2, -0.15) is 4.98 Å². The summed E-state index contributed by atoms with van der Waals surface area (Å²) in [7, 11) is 3.54. The first-order chi connectivity index (χ1) is 35.0. The minimum atomic E-state index is -0.345. The van der Waals surface area contributed by atoms with Crippen molar-refractivity contribution in [2.45, 2.75) is 52.0 Å². The van der Waals surface area contributed by atoms with Gasteiger partial charge in [-0.3, -0.25) is 29.4 Å². The van der Waals surface area contributed by atoms with Gasteiger partial charge in [0.1, 0.15) is 17.2 Å². The number of piperazine rings is 1. The van der Waals surface area contributed by atoms with E-state index >= 15 is 0 Å². The molecule has 4 aromatic heterocycles. The summed E-state index contributed by atoms with van der Waals surface area (Å²) in [6.45, 7) is 11.4. The molecule has 4 amide bonds. The number of rotatable bonds is 28. The number of carbonyl (C=O) groups excluding carboxylic acids is 4. The lowest BCUT2D eigenvalue weighted by atomic mass is 10.1. The molecule has 1 aliphatic carbocycles. The van der Waals surface area contributed by atoms with Crippen LogP contribution in [-0.2, 0) is 33.3 Å². The van der Waals surface area contributed by atoms with Crippen LogP contribution in [0.25, 0.3) is 11.0 Å². The number of carbonyl (C=O) groups is 4. The Hall–Kier alpha value is -6.14. The fourth-order valence-electron chi connectivity index (χ4n) is 8.28. The molecule has 2 aliphatic rings. The standard InChI is InChI=1S/C50H68N12O9S/c1-35-36(2)72-50(54-35)58-47(65)40-11-7-8-12-41(40)55-44(63)15-21-67-23-25-69-27-29-71-30-28-70-26-24-68-22-16-51-45(64)34-60-17-19-61(20-18-60)39-13-14-43(52-33-39)56-49-53-32-37-31-42(48(66)59(3)4)62(46(37)57-49)38-9-5-6-10-38/h7-8,11-14,31-33,38H,5-6,9-10,15-30,34H2,1-4H3,(H,51,64)(H,55,63)(H,54,58,65)(H,52,53,56,57). The van der Waals surface area contributed by atoms with E-state index in [1.165, 1.54) is 11.3 Å². The summed E-state index contributed by atoms with van der Waals surface area (Å²) in [5.74, 6) is 0.363. The van der Waals surface area contributed by atoms with Crippen LogP contribution in [0.4, 0.5) is 28.3 Å². The molecule has 0 radical (unpaired) electrons. The molecule has 388 valence electrons. The smallest absolute Gasteiger partial charge is 0.270 e. The molecule has 5 heterocycles. The maximum absolute atomic E-state index is 13.1. The van der Waals surface area contributed by atoms with Gasteiger partial charge in [0.25, 0.3) is 11.8 Å². The third-order valence-corrected chi connectivity index (χ3v) is 13.2. The van der Waals surface area contributed by atoms with Crippen LogP contribution in [0.3, 0.4) is 0 Å². The third kappa shape index (κ3) is 15.9. The van der Waals surface area contributed by atoms with Crippen LogP contribution in [0, 0.1) is 13.8 Å². The van der Waals surface area contributed by atoms with Crippen molar-refractivity contribution in [3.8, 4) is 0 Å². The number of fused-ring (bicyclic) bond motifs is 1. The molecule has 72 heavy (non-hydrogen) atoms. The zero-order chi connectivity index (χ0) is 50.7. The lowest BCUT2D eigenvalue weighted by molar-refractivity contribution is -0.122. The predicted octanol–water partition coefficient (Wildman–Crippen LogP) is 5.06. The molecule has 5 aromatic rings. The first-order valence-corrected chi connectivity index (χ1v) is 25.4. The SMILES string of the molecule is Cc1nc(NC(=O)c2ccccc2NC(=O)CCOCCOCCOCCOCCOCCNC(=O)CN2CCN(c3ccc(Nc4ncc5cc(C(=O)N(C)C)n(C6CCCC6)c5n4)nc3)CC2)sc1C. The van der Waals surface area contributed by atoms with Crippen LogP contribution >= 0.6 is 11.3 Å². The van der Waals surface area contributed by atoms with E-state index in [1.807, 2.05) is 38.2 Å². The fraction of sp³-hybridized carbons (Fsp3) is 0.520. The Balaban J connectivity index is 0.655. The number of hydrogen-bond donors (Lipinski definition) is 4. The van der Waals surface area contributed by atoms with Crippen molar-refractivity contribution < 1.29 is 42.9 Å². The molecule has 22 heteroatoms. The van der Waals surface area contributed by atoms with Crippen LogP contribution in [0.1, 0.15) is 69.6 Å². The second-order valence-electron chi connectivity index (χ2n) is 17.7.